The number of anilines is 1. The van der Waals surface area contributed by atoms with Crippen molar-refractivity contribution in [2.24, 2.45) is 0 Å². The summed E-state index contributed by atoms with van der Waals surface area (Å²) in [5.74, 6) is 0.761. The van der Waals surface area contributed by atoms with Gasteiger partial charge in [0.25, 0.3) is 0 Å². The summed E-state index contributed by atoms with van der Waals surface area (Å²) in [5.41, 5.74) is 0.863. The molecule has 0 saturated carbocycles. The molecule has 16 heavy (non-hydrogen) atoms. The third-order valence-corrected chi connectivity index (χ3v) is 2.58. The average molecular weight is 224 g/mol. The third-order valence-electron chi connectivity index (χ3n) is 2.58. The van der Waals surface area contributed by atoms with E-state index in [-0.39, 0.29) is 6.04 Å². The topological polar surface area (TPSA) is 30.5 Å². The van der Waals surface area contributed by atoms with Gasteiger partial charge in [0.15, 0.2) is 0 Å². The fraction of sp³-hybridized carbons (Fsp3) is 0.417. The van der Waals surface area contributed by atoms with Crippen molar-refractivity contribution in [1.82, 2.24) is 0 Å². The monoisotopic (exact) mass is 224 g/mol. The van der Waals surface area contributed by atoms with E-state index in [2.05, 4.69) is 5.32 Å². The normalized spacial score (nSPS) is 25.1. The molecule has 0 aromatic heterocycles. The summed E-state index contributed by atoms with van der Waals surface area (Å²) < 4.78 is 23.5. The second-order valence-corrected chi connectivity index (χ2v) is 3.72. The van der Waals surface area contributed by atoms with Crippen molar-refractivity contribution in [3.05, 3.63) is 30.9 Å². The maximum atomic E-state index is 13.4. The van der Waals surface area contributed by atoms with E-state index >= 15 is 0 Å². The molecule has 1 fully saturated rings. The lowest BCUT2D eigenvalue weighted by molar-refractivity contribution is 0.0847. The van der Waals surface area contributed by atoms with Gasteiger partial charge in [-0.15, -0.1) is 0 Å². The van der Waals surface area contributed by atoms with Crippen LogP contribution in [0, 0.1) is 6.61 Å². The number of benzene rings is 1. The maximum absolute atomic E-state index is 13.4. The SMILES string of the molecule is COc1cccc(NC2CCO[CH]C2F)c1. The Morgan fingerprint density at radius 2 is 2.38 bits per heavy atom. The predicted octanol–water partition coefficient (Wildman–Crippen LogP) is 2.40. The van der Waals surface area contributed by atoms with Crippen molar-refractivity contribution in [1.29, 1.82) is 0 Å². The van der Waals surface area contributed by atoms with E-state index in [9.17, 15) is 4.39 Å². The standard InChI is InChI=1S/C12H15FNO2/c1-15-10-4-2-3-9(7-10)14-12-5-6-16-8-11(12)13/h2-4,7-8,11-12,14H,5-6H2,1H3. The largest absolute Gasteiger partial charge is 0.497 e. The number of methoxy groups -OCH3 is 1. The van der Waals surface area contributed by atoms with Gasteiger partial charge in [-0.2, -0.15) is 0 Å². The molecule has 1 aromatic carbocycles. The van der Waals surface area contributed by atoms with Crippen molar-refractivity contribution in [2.45, 2.75) is 18.6 Å². The van der Waals surface area contributed by atoms with Gasteiger partial charge in [0.2, 0.25) is 0 Å². The van der Waals surface area contributed by atoms with Crippen LogP contribution in [0.4, 0.5) is 10.1 Å². The highest BCUT2D eigenvalue weighted by atomic mass is 19.1. The first-order valence-corrected chi connectivity index (χ1v) is 5.29. The Balaban J connectivity index is 2.01. The molecule has 0 amide bonds. The zero-order chi connectivity index (χ0) is 11.4. The summed E-state index contributed by atoms with van der Waals surface area (Å²) in [7, 11) is 1.61. The van der Waals surface area contributed by atoms with Gasteiger partial charge < -0.3 is 14.8 Å². The fourth-order valence-corrected chi connectivity index (χ4v) is 1.69. The van der Waals surface area contributed by atoms with Gasteiger partial charge in [0, 0.05) is 18.4 Å². The molecule has 4 heteroatoms. The van der Waals surface area contributed by atoms with E-state index in [1.165, 1.54) is 6.61 Å². The number of halogens is 1. The smallest absolute Gasteiger partial charge is 0.149 e. The summed E-state index contributed by atoms with van der Waals surface area (Å²) in [6.07, 6.45) is -0.408. The number of ether oxygens (including phenoxy) is 2. The highest BCUT2D eigenvalue weighted by Gasteiger charge is 2.25. The molecule has 1 saturated heterocycles. The average Bonchev–Trinajstić information content (AvgIpc) is 2.32. The maximum Gasteiger partial charge on any atom is 0.149 e. The number of nitrogens with one attached hydrogen (secondary N) is 1. The minimum Gasteiger partial charge on any atom is -0.497 e. The van der Waals surface area contributed by atoms with Crippen LogP contribution < -0.4 is 10.1 Å². The molecule has 0 aliphatic carbocycles. The van der Waals surface area contributed by atoms with Gasteiger partial charge in [-0.25, -0.2) is 4.39 Å². The zero-order valence-electron chi connectivity index (χ0n) is 9.15. The molecule has 87 valence electrons. The van der Waals surface area contributed by atoms with Crippen LogP contribution in [-0.4, -0.2) is 25.9 Å². The molecule has 0 bridgehead atoms. The van der Waals surface area contributed by atoms with Gasteiger partial charge in [0.05, 0.1) is 13.2 Å². The van der Waals surface area contributed by atoms with E-state index < -0.39 is 6.17 Å². The second-order valence-electron chi connectivity index (χ2n) is 3.72. The molecule has 2 rings (SSSR count). The third kappa shape index (κ3) is 2.64. The summed E-state index contributed by atoms with van der Waals surface area (Å²) in [5, 5.41) is 3.14. The summed E-state index contributed by atoms with van der Waals surface area (Å²) in [4.78, 5) is 0. The van der Waals surface area contributed by atoms with Gasteiger partial charge in [0.1, 0.15) is 18.5 Å². The Morgan fingerprint density at radius 3 is 3.12 bits per heavy atom. The molecule has 3 nitrogen and oxygen atoms in total. The molecule has 0 spiro atoms. The molecule has 1 aromatic rings. The first-order chi connectivity index (χ1) is 7.79. The van der Waals surface area contributed by atoms with E-state index in [0.29, 0.717) is 13.0 Å². The highest BCUT2D eigenvalue weighted by molar-refractivity contribution is 5.49. The molecule has 2 atom stereocenters. The van der Waals surface area contributed by atoms with Crippen LogP contribution in [-0.2, 0) is 4.74 Å². The molecule has 1 radical (unpaired) electrons. The summed E-state index contributed by atoms with van der Waals surface area (Å²) in [6, 6.07) is 7.25. The molecular formula is C12H15FNO2. The Kier molecular flexibility index (Phi) is 3.62. The Bertz CT molecular complexity index is 346. The van der Waals surface area contributed by atoms with Crippen LogP contribution in [0.1, 0.15) is 6.42 Å². The molecule has 1 aliphatic heterocycles. The highest BCUT2D eigenvalue weighted by Crippen LogP contribution is 2.22. The first kappa shape index (κ1) is 11.2. The molecule has 1 N–H and O–H groups in total. The zero-order valence-corrected chi connectivity index (χ0v) is 9.15. The predicted molar refractivity (Wildman–Crippen MR) is 60.2 cm³/mol. The summed E-state index contributed by atoms with van der Waals surface area (Å²) >= 11 is 0. The van der Waals surface area contributed by atoms with Gasteiger partial charge in [-0.3, -0.25) is 0 Å². The second kappa shape index (κ2) is 5.16. The van der Waals surface area contributed by atoms with Crippen LogP contribution in [0.15, 0.2) is 24.3 Å². The van der Waals surface area contributed by atoms with E-state index in [4.69, 9.17) is 9.47 Å². The minimum atomic E-state index is -1.07. The lowest BCUT2D eigenvalue weighted by Gasteiger charge is -2.27. The van der Waals surface area contributed by atoms with Crippen LogP contribution in [0.2, 0.25) is 0 Å². The van der Waals surface area contributed by atoms with Gasteiger partial charge in [-0.05, 0) is 18.6 Å². The van der Waals surface area contributed by atoms with Gasteiger partial charge in [-0.1, -0.05) is 6.07 Å². The lowest BCUT2D eigenvalue weighted by Crippen LogP contribution is -2.36. The van der Waals surface area contributed by atoms with Crippen molar-refractivity contribution in [3.63, 3.8) is 0 Å². The van der Waals surface area contributed by atoms with Crippen molar-refractivity contribution >= 4 is 5.69 Å². The lowest BCUT2D eigenvalue weighted by atomic mass is 10.1. The number of rotatable bonds is 3. The Hall–Kier alpha value is -1.29. The van der Waals surface area contributed by atoms with Crippen molar-refractivity contribution in [2.75, 3.05) is 19.0 Å². The Morgan fingerprint density at radius 1 is 1.50 bits per heavy atom. The fourth-order valence-electron chi connectivity index (χ4n) is 1.69. The van der Waals surface area contributed by atoms with Crippen LogP contribution in [0.5, 0.6) is 5.75 Å². The molecule has 1 aliphatic rings. The van der Waals surface area contributed by atoms with E-state index in [0.717, 1.165) is 11.4 Å². The van der Waals surface area contributed by atoms with Crippen LogP contribution >= 0.6 is 0 Å². The van der Waals surface area contributed by atoms with Crippen LogP contribution in [0.25, 0.3) is 0 Å². The van der Waals surface area contributed by atoms with E-state index in [1.807, 2.05) is 24.3 Å². The number of hydrogen-bond acceptors (Lipinski definition) is 3. The Labute approximate surface area is 94.6 Å². The minimum absolute atomic E-state index is 0.221. The van der Waals surface area contributed by atoms with Crippen molar-refractivity contribution in [3.8, 4) is 5.75 Å². The summed E-state index contributed by atoms with van der Waals surface area (Å²) in [6.45, 7) is 1.81. The molecule has 2 unspecified atom stereocenters. The molecular weight excluding hydrogens is 209 g/mol. The number of alkyl halides is 1. The molecule has 1 heterocycles. The van der Waals surface area contributed by atoms with Gasteiger partial charge >= 0.3 is 0 Å². The van der Waals surface area contributed by atoms with E-state index in [1.54, 1.807) is 7.11 Å². The quantitative estimate of drug-likeness (QED) is 0.855. The van der Waals surface area contributed by atoms with Crippen LogP contribution in [0.3, 0.4) is 0 Å². The van der Waals surface area contributed by atoms with Crippen molar-refractivity contribution < 1.29 is 13.9 Å². The first-order valence-electron chi connectivity index (χ1n) is 5.29. The number of hydrogen-bond donors (Lipinski definition) is 1.